The van der Waals surface area contributed by atoms with Gasteiger partial charge in [-0.15, -0.1) is 0 Å². The molecule has 0 radical (unpaired) electrons. The number of piperidine rings is 2. The summed E-state index contributed by atoms with van der Waals surface area (Å²) in [5.74, 6) is 1.01. The molecule has 8 rings (SSSR count). The molecule has 4 amide bonds. The number of hydrogen-bond donors (Lipinski definition) is 4. The van der Waals surface area contributed by atoms with Crippen LogP contribution in [0.3, 0.4) is 0 Å². The molecule has 0 spiro atoms. The number of amides is 4. The summed E-state index contributed by atoms with van der Waals surface area (Å²) in [7, 11) is 2.58. The SMILES string of the molecule is CCC(NC(=O)OC)C(=O)N1CCCCC1c1ncc(-c2ccc(-c3ccc(-c4cnc(C5CCCCN5C(=O)C(NC(=O)OC)C(C)C)[nH]4)cc3)c3c4ccc(o4)c23)[nH]1. The van der Waals surface area contributed by atoms with E-state index in [1.165, 1.54) is 14.2 Å². The fraction of sp³-hybridized carbons (Fsp3) is 0.422. The van der Waals surface area contributed by atoms with Gasteiger partial charge in [0.2, 0.25) is 11.8 Å². The molecule has 314 valence electrons. The van der Waals surface area contributed by atoms with Crippen LogP contribution < -0.4 is 10.6 Å². The molecule has 60 heavy (non-hydrogen) atoms. The first-order valence-electron chi connectivity index (χ1n) is 20.9. The summed E-state index contributed by atoms with van der Waals surface area (Å²) in [5.41, 5.74) is 7.20. The van der Waals surface area contributed by atoms with Gasteiger partial charge in [-0.1, -0.05) is 57.2 Å². The zero-order valence-electron chi connectivity index (χ0n) is 34.7. The highest BCUT2D eigenvalue weighted by Gasteiger charge is 2.37. The molecule has 6 heterocycles. The van der Waals surface area contributed by atoms with Gasteiger partial charge in [0.1, 0.15) is 34.9 Å². The Morgan fingerprint density at radius 2 is 1.25 bits per heavy atom. The third kappa shape index (κ3) is 7.64. The molecule has 4 atom stereocenters. The van der Waals surface area contributed by atoms with Gasteiger partial charge in [-0.05, 0) is 79.7 Å². The van der Waals surface area contributed by atoms with Crippen LogP contribution in [0.2, 0.25) is 0 Å². The van der Waals surface area contributed by atoms with E-state index in [9.17, 15) is 19.2 Å². The highest BCUT2D eigenvalue weighted by molar-refractivity contribution is 6.19. The van der Waals surface area contributed by atoms with E-state index in [1.807, 2.05) is 55.1 Å². The summed E-state index contributed by atoms with van der Waals surface area (Å²) < 4.78 is 15.8. The van der Waals surface area contributed by atoms with E-state index in [0.717, 1.165) is 99.9 Å². The number of nitrogens with one attached hydrogen (secondary N) is 4. The van der Waals surface area contributed by atoms with Gasteiger partial charge in [-0.3, -0.25) is 9.59 Å². The summed E-state index contributed by atoms with van der Waals surface area (Å²) in [6, 6.07) is 14.6. The third-order valence-corrected chi connectivity index (χ3v) is 12.1. The largest absolute Gasteiger partial charge is 0.456 e. The van der Waals surface area contributed by atoms with Gasteiger partial charge in [0, 0.05) is 29.4 Å². The molecule has 15 heteroatoms. The van der Waals surface area contributed by atoms with E-state index < -0.39 is 24.3 Å². The molecule has 4 unspecified atom stereocenters. The summed E-state index contributed by atoms with van der Waals surface area (Å²) >= 11 is 0. The summed E-state index contributed by atoms with van der Waals surface area (Å²) in [5, 5.41) is 7.40. The summed E-state index contributed by atoms with van der Waals surface area (Å²) in [6.45, 7) is 6.84. The van der Waals surface area contributed by atoms with Crippen molar-refractivity contribution in [1.82, 2.24) is 40.4 Å². The van der Waals surface area contributed by atoms with Crippen molar-refractivity contribution in [3.05, 3.63) is 72.6 Å². The van der Waals surface area contributed by atoms with E-state index in [1.54, 1.807) is 0 Å². The number of nitrogens with zero attached hydrogens (tertiary/aromatic N) is 4. The molecular formula is C45H52N8O7. The lowest BCUT2D eigenvalue weighted by molar-refractivity contribution is -0.139. The highest BCUT2D eigenvalue weighted by atomic mass is 16.5. The van der Waals surface area contributed by atoms with Crippen molar-refractivity contribution in [3.63, 3.8) is 0 Å². The maximum absolute atomic E-state index is 13.8. The topological polar surface area (TPSA) is 188 Å². The molecule has 2 aliphatic rings. The lowest BCUT2D eigenvalue weighted by Crippen LogP contribution is -2.53. The Labute approximate surface area is 347 Å². The normalized spacial score (nSPS) is 18.2. The Bertz CT molecular complexity index is 2490. The Morgan fingerprint density at radius 1 is 0.717 bits per heavy atom. The maximum Gasteiger partial charge on any atom is 0.407 e. The van der Waals surface area contributed by atoms with Crippen molar-refractivity contribution >= 4 is 45.9 Å². The molecule has 4 N–H and O–H groups in total. The van der Waals surface area contributed by atoms with Crippen LogP contribution in [-0.2, 0) is 19.1 Å². The smallest absolute Gasteiger partial charge is 0.407 e. The number of H-pyrrole nitrogens is 2. The molecule has 6 aromatic rings. The number of rotatable bonds is 11. The Kier molecular flexibility index (Phi) is 11.5. The molecule has 2 aromatic carbocycles. The van der Waals surface area contributed by atoms with E-state index in [0.29, 0.717) is 25.3 Å². The van der Waals surface area contributed by atoms with Crippen LogP contribution in [0.15, 0.2) is 65.3 Å². The first-order chi connectivity index (χ1) is 29.1. The van der Waals surface area contributed by atoms with E-state index >= 15 is 0 Å². The van der Waals surface area contributed by atoms with Gasteiger partial charge in [-0.25, -0.2) is 19.6 Å². The van der Waals surface area contributed by atoms with Crippen molar-refractivity contribution in [2.75, 3.05) is 27.3 Å². The average molecular weight is 817 g/mol. The number of methoxy groups -OCH3 is 2. The Hall–Kier alpha value is -6.38. The number of carbonyl (C=O) groups is 4. The predicted molar refractivity (Wildman–Crippen MR) is 226 cm³/mol. The van der Waals surface area contributed by atoms with Crippen LogP contribution in [0.5, 0.6) is 0 Å². The maximum atomic E-state index is 13.8. The van der Waals surface area contributed by atoms with Crippen molar-refractivity contribution in [2.45, 2.75) is 89.9 Å². The number of imidazole rings is 2. The average Bonchev–Trinajstić information content (AvgIpc) is 4.13. The van der Waals surface area contributed by atoms with Crippen molar-refractivity contribution < 1.29 is 33.1 Å². The molecule has 0 saturated carbocycles. The molecule has 2 fully saturated rings. The number of alkyl carbamates (subject to hydrolysis) is 2. The number of benzene rings is 3. The number of carbonyl (C=O) groups excluding carboxylic acids is 4. The second-order valence-corrected chi connectivity index (χ2v) is 16.1. The zero-order chi connectivity index (χ0) is 42.1. The zero-order valence-corrected chi connectivity index (χ0v) is 34.7. The second kappa shape index (κ2) is 17.1. The second-order valence-electron chi connectivity index (χ2n) is 16.1. The summed E-state index contributed by atoms with van der Waals surface area (Å²) in [6.07, 6.45) is 8.04. The molecule has 2 aliphatic heterocycles. The molecule has 0 aliphatic carbocycles. The Morgan fingerprint density at radius 3 is 1.85 bits per heavy atom. The predicted octanol–water partition coefficient (Wildman–Crippen LogP) is 8.09. The number of fused-ring (bicyclic) bond motifs is 5. The number of ether oxygens (including phenoxy) is 2. The van der Waals surface area contributed by atoms with E-state index in [-0.39, 0.29) is 29.8 Å². The fourth-order valence-corrected chi connectivity index (χ4v) is 8.89. The first-order valence-corrected chi connectivity index (χ1v) is 20.9. The minimum atomic E-state index is -0.706. The minimum Gasteiger partial charge on any atom is -0.456 e. The van der Waals surface area contributed by atoms with Gasteiger partial charge in [0.15, 0.2) is 0 Å². The third-order valence-electron chi connectivity index (χ3n) is 12.1. The van der Waals surface area contributed by atoms with Gasteiger partial charge < -0.3 is 44.3 Å². The summed E-state index contributed by atoms with van der Waals surface area (Å²) in [4.78, 5) is 71.8. The quantitative estimate of drug-likeness (QED) is 0.100. The lowest BCUT2D eigenvalue weighted by Gasteiger charge is -2.37. The van der Waals surface area contributed by atoms with Crippen LogP contribution >= 0.6 is 0 Å². The van der Waals surface area contributed by atoms with Crippen LogP contribution in [0.4, 0.5) is 9.59 Å². The Balaban J connectivity index is 1.03. The lowest BCUT2D eigenvalue weighted by atomic mass is 9.93. The van der Waals surface area contributed by atoms with Crippen LogP contribution in [0.1, 0.15) is 89.4 Å². The molecule has 15 nitrogen and oxygen atoms in total. The van der Waals surface area contributed by atoms with Crippen LogP contribution in [0, 0.1) is 5.92 Å². The van der Waals surface area contributed by atoms with Crippen molar-refractivity contribution in [1.29, 1.82) is 0 Å². The minimum absolute atomic E-state index is 0.120. The monoisotopic (exact) mass is 816 g/mol. The van der Waals surface area contributed by atoms with Gasteiger partial charge >= 0.3 is 12.2 Å². The van der Waals surface area contributed by atoms with Crippen molar-refractivity contribution in [3.8, 4) is 33.6 Å². The van der Waals surface area contributed by atoms with Crippen LogP contribution in [-0.4, -0.2) is 93.1 Å². The van der Waals surface area contributed by atoms with Gasteiger partial charge in [0.25, 0.3) is 0 Å². The van der Waals surface area contributed by atoms with Gasteiger partial charge in [0.05, 0.1) is 50.1 Å². The number of likely N-dealkylation sites (tertiary alicyclic amines) is 2. The highest BCUT2D eigenvalue weighted by Crippen LogP contribution is 2.44. The molecule has 4 aromatic heterocycles. The number of aromatic nitrogens is 4. The van der Waals surface area contributed by atoms with Gasteiger partial charge in [-0.2, -0.15) is 0 Å². The van der Waals surface area contributed by atoms with E-state index in [2.05, 4.69) is 57.0 Å². The standard InChI is InChI=1S/C45H52N8O7/c1-6-30(50-44(56)58-4)42(54)52-21-9-7-11-33(52)41-47-24-32(49-41)29-18-17-28(37-35-19-20-36(60-35)38(29)37)26-13-15-27(16-14-26)31-23-46-40(48-31)34-12-8-10-22-53(34)43(55)39(25(2)3)51-45(57)59-5/h13-20,23-25,30,33-34,39H,6-12,21-22H2,1-5H3,(H,46,48)(H,47,49)(H,50,56)(H,51,57). The fourth-order valence-electron chi connectivity index (χ4n) is 8.89. The number of hydrogen-bond acceptors (Lipinski definition) is 9. The first kappa shape index (κ1) is 40.4. The van der Waals surface area contributed by atoms with Crippen LogP contribution in [0.25, 0.3) is 55.6 Å². The number of aromatic amines is 2. The van der Waals surface area contributed by atoms with Crippen molar-refractivity contribution in [2.24, 2.45) is 5.92 Å². The number of furan rings is 2. The molecular weight excluding hydrogens is 765 g/mol. The molecule has 2 bridgehead atoms. The van der Waals surface area contributed by atoms with E-state index in [4.69, 9.17) is 23.9 Å². The molecule has 2 saturated heterocycles.